The van der Waals surface area contributed by atoms with E-state index in [1.165, 1.54) is 0 Å². The highest BCUT2D eigenvalue weighted by atomic mass is 16.7. The predicted molar refractivity (Wildman–Crippen MR) is 64.9 cm³/mol. The predicted octanol–water partition coefficient (Wildman–Crippen LogP) is 0.923. The summed E-state index contributed by atoms with van der Waals surface area (Å²) in [5.41, 5.74) is 0.966. The molecule has 0 saturated carbocycles. The summed E-state index contributed by atoms with van der Waals surface area (Å²) in [5.74, 6) is -0.228. The molecule has 2 saturated heterocycles. The molecule has 5 heteroatoms. The van der Waals surface area contributed by atoms with E-state index in [0.29, 0.717) is 19.6 Å². The van der Waals surface area contributed by atoms with E-state index in [0.717, 1.165) is 31.6 Å². The second-order valence-electron chi connectivity index (χ2n) is 4.86. The Morgan fingerprint density at radius 1 is 1.33 bits per heavy atom. The molecule has 3 heterocycles. The molecule has 5 nitrogen and oxygen atoms in total. The summed E-state index contributed by atoms with van der Waals surface area (Å²) < 4.78 is 11.3. The number of ether oxygens (including phenoxy) is 2. The molecule has 2 aliphatic rings. The van der Waals surface area contributed by atoms with E-state index in [2.05, 4.69) is 4.98 Å². The second kappa shape index (κ2) is 4.74. The SMILES string of the molecule is O=C(Cc1ccc[nH]1)N1CCC2(CC1)OCCO2. The zero-order valence-electron chi connectivity index (χ0n) is 10.4. The van der Waals surface area contributed by atoms with Gasteiger partial charge >= 0.3 is 0 Å². The highest BCUT2D eigenvalue weighted by Crippen LogP contribution is 2.31. The molecule has 1 spiro atoms. The lowest BCUT2D eigenvalue weighted by Crippen LogP contribution is -2.47. The summed E-state index contributed by atoms with van der Waals surface area (Å²) >= 11 is 0. The molecule has 1 N–H and O–H groups in total. The maximum atomic E-state index is 12.1. The van der Waals surface area contributed by atoms with Crippen LogP contribution in [0.1, 0.15) is 18.5 Å². The summed E-state index contributed by atoms with van der Waals surface area (Å²) in [5, 5.41) is 0. The Morgan fingerprint density at radius 3 is 2.67 bits per heavy atom. The highest BCUT2D eigenvalue weighted by Gasteiger charge is 2.40. The normalized spacial score (nSPS) is 22.6. The first-order valence-corrected chi connectivity index (χ1v) is 6.45. The van der Waals surface area contributed by atoms with Crippen LogP contribution in [-0.4, -0.2) is 47.9 Å². The van der Waals surface area contributed by atoms with Crippen molar-refractivity contribution in [3.63, 3.8) is 0 Å². The van der Waals surface area contributed by atoms with Gasteiger partial charge in [-0.15, -0.1) is 0 Å². The number of hydrogen-bond acceptors (Lipinski definition) is 3. The number of nitrogens with zero attached hydrogens (tertiary/aromatic N) is 1. The zero-order valence-corrected chi connectivity index (χ0v) is 10.4. The van der Waals surface area contributed by atoms with Crippen molar-refractivity contribution in [2.45, 2.75) is 25.0 Å². The number of likely N-dealkylation sites (tertiary alicyclic amines) is 1. The van der Waals surface area contributed by atoms with Gasteiger partial charge in [0.05, 0.1) is 19.6 Å². The number of amides is 1. The number of aromatic amines is 1. The van der Waals surface area contributed by atoms with Crippen LogP contribution in [0.15, 0.2) is 18.3 Å². The Balaban J connectivity index is 1.54. The molecule has 3 rings (SSSR count). The molecule has 0 aliphatic carbocycles. The van der Waals surface area contributed by atoms with Crippen molar-refractivity contribution in [3.8, 4) is 0 Å². The van der Waals surface area contributed by atoms with Gasteiger partial charge in [-0.25, -0.2) is 0 Å². The van der Waals surface area contributed by atoms with Gasteiger partial charge in [0.25, 0.3) is 0 Å². The third-order valence-corrected chi connectivity index (χ3v) is 3.70. The molecule has 18 heavy (non-hydrogen) atoms. The number of nitrogens with one attached hydrogen (secondary N) is 1. The minimum atomic E-state index is -0.400. The monoisotopic (exact) mass is 250 g/mol. The molecular formula is C13H18N2O3. The van der Waals surface area contributed by atoms with Crippen molar-refractivity contribution in [1.82, 2.24) is 9.88 Å². The van der Waals surface area contributed by atoms with Crippen LogP contribution in [0.5, 0.6) is 0 Å². The van der Waals surface area contributed by atoms with Gasteiger partial charge in [0.1, 0.15) is 0 Å². The van der Waals surface area contributed by atoms with Gasteiger partial charge in [0.2, 0.25) is 5.91 Å². The molecular weight excluding hydrogens is 232 g/mol. The smallest absolute Gasteiger partial charge is 0.228 e. The largest absolute Gasteiger partial charge is 0.365 e. The second-order valence-corrected chi connectivity index (χ2v) is 4.86. The van der Waals surface area contributed by atoms with Crippen molar-refractivity contribution >= 4 is 5.91 Å². The molecule has 0 radical (unpaired) electrons. The lowest BCUT2D eigenvalue weighted by molar-refractivity contribution is -0.187. The minimum absolute atomic E-state index is 0.172. The molecule has 1 aromatic rings. The number of carbonyl (C=O) groups excluding carboxylic acids is 1. The molecule has 98 valence electrons. The lowest BCUT2D eigenvalue weighted by Gasteiger charge is -2.37. The number of aromatic nitrogens is 1. The number of piperidine rings is 1. The first-order valence-electron chi connectivity index (χ1n) is 6.45. The number of H-pyrrole nitrogens is 1. The van der Waals surface area contributed by atoms with Crippen LogP contribution in [0, 0.1) is 0 Å². The van der Waals surface area contributed by atoms with E-state index < -0.39 is 5.79 Å². The average Bonchev–Trinajstić information content (AvgIpc) is 3.03. The van der Waals surface area contributed by atoms with E-state index >= 15 is 0 Å². The summed E-state index contributed by atoms with van der Waals surface area (Å²) in [6, 6.07) is 3.85. The molecule has 2 aliphatic heterocycles. The number of hydrogen-bond donors (Lipinski definition) is 1. The Bertz CT molecular complexity index is 400. The summed E-state index contributed by atoms with van der Waals surface area (Å²) in [4.78, 5) is 17.1. The maximum Gasteiger partial charge on any atom is 0.228 e. The standard InChI is InChI=1S/C13H18N2O3/c16-12(10-11-2-1-5-14-11)15-6-3-13(4-7-15)17-8-9-18-13/h1-2,5,14H,3-4,6-10H2. The fourth-order valence-corrected chi connectivity index (χ4v) is 2.63. The van der Waals surface area contributed by atoms with Gasteiger partial charge in [-0.2, -0.15) is 0 Å². The Labute approximate surface area is 106 Å². The Hall–Kier alpha value is -1.33. The quantitative estimate of drug-likeness (QED) is 0.849. The van der Waals surface area contributed by atoms with E-state index in [9.17, 15) is 4.79 Å². The fourth-order valence-electron chi connectivity index (χ4n) is 2.63. The molecule has 0 bridgehead atoms. The summed E-state index contributed by atoms with van der Waals surface area (Å²) in [6.07, 6.45) is 3.85. The Kier molecular flexibility index (Phi) is 3.09. The van der Waals surface area contributed by atoms with E-state index in [1.54, 1.807) is 0 Å². The van der Waals surface area contributed by atoms with Crippen LogP contribution < -0.4 is 0 Å². The molecule has 0 atom stereocenters. The van der Waals surface area contributed by atoms with Crippen LogP contribution >= 0.6 is 0 Å². The first-order chi connectivity index (χ1) is 8.77. The third-order valence-electron chi connectivity index (χ3n) is 3.70. The maximum absolute atomic E-state index is 12.1. The molecule has 0 aromatic carbocycles. The third kappa shape index (κ3) is 2.28. The van der Waals surface area contributed by atoms with Crippen molar-refractivity contribution in [3.05, 3.63) is 24.0 Å². The van der Waals surface area contributed by atoms with Crippen molar-refractivity contribution in [2.24, 2.45) is 0 Å². The van der Waals surface area contributed by atoms with Crippen LogP contribution in [0.25, 0.3) is 0 Å². The van der Waals surface area contributed by atoms with Gasteiger partial charge in [0.15, 0.2) is 5.79 Å². The average molecular weight is 250 g/mol. The highest BCUT2D eigenvalue weighted by molar-refractivity contribution is 5.78. The van der Waals surface area contributed by atoms with Crippen LogP contribution in [-0.2, 0) is 20.7 Å². The van der Waals surface area contributed by atoms with Gasteiger partial charge in [-0.05, 0) is 12.1 Å². The van der Waals surface area contributed by atoms with E-state index in [4.69, 9.17) is 9.47 Å². The Morgan fingerprint density at radius 2 is 2.06 bits per heavy atom. The summed E-state index contributed by atoms with van der Waals surface area (Å²) in [6.45, 7) is 2.80. The molecule has 1 amide bonds. The molecule has 2 fully saturated rings. The van der Waals surface area contributed by atoms with Crippen LogP contribution in [0.2, 0.25) is 0 Å². The molecule has 0 unspecified atom stereocenters. The van der Waals surface area contributed by atoms with Crippen molar-refractivity contribution in [2.75, 3.05) is 26.3 Å². The van der Waals surface area contributed by atoms with Gasteiger partial charge in [-0.3, -0.25) is 4.79 Å². The number of carbonyl (C=O) groups is 1. The van der Waals surface area contributed by atoms with Crippen LogP contribution in [0.4, 0.5) is 0 Å². The molecule has 1 aromatic heterocycles. The summed E-state index contributed by atoms with van der Waals surface area (Å²) in [7, 11) is 0. The van der Waals surface area contributed by atoms with Gasteiger partial charge in [0, 0.05) is 37.8 Å². The van der Waals surface area contributed by atoms with Crippen molar-refractivity contribution in [1.29, 1.82) is 0 Å². The van der Waals surface area contributed by atoms with Gasteiger partial charge in [-0.1, -0.05) is 0 Å². The first kappa shape index (κ1) is 11.7. The van der Waals surface area contributed by atoms with E-state index in [1.807, 2.05) is 23.2 Å². The topological polar surface area (TPSA) is 54.6 Å². The minimum Gasteiger partial charge on any atom is -0.365 e. The van der Waals surface area contributed by atoms with E-state index in [-0.39, 0.29) is 5.91 Å². The fraction of sp³-hybridized carbons (Fsp3) is 0.615. The van der Waals surface area contributed by atoms with Gasteiger partial charge < -0.3 is 19.4 Å². The zero-order chi connectivity index (χ0) is 12.4. The lowest BCUT2D eigenvalue weighted by atomic mass is 10.0. The van der Waals surface area contributed by atoms with Crippen LogP contribution in [0.3, 0.4) is 0 Å². The number of rotatable bonds is 2. The van der Waals surface area contributed by atoms with Crippen molar-refractivity contribution < 1.29 is 14.3 Å².